The standard InChI is InChI=1S/C15H15N3O3/c16-15(19)14-7-2-1-5-12(14)10-17-9-11-4-3-6-13(8-11)18(20)21/h1-8,17H,9-10H2,(H2,16,19). The monoisotopic (exact) mass is 285 g/mol. The molecular formula is C15H15N3O3. The SMILES string of the molecule is NC(=O)c1ccccc1CNCc1cccc([N+](=O)[O-])c1. The molecule has 2 rings (SSSR count). The van der Waals surface area contributed by atoms with Gasteiger partial charge in [-0.15, -0.1) is 0 Å². The van der Waals surface area contributed by atoms with Crippen LogP contribution in [0, 0.1) is 10.1 Å². The first-order chi connectivity index (χ1) is 10.1. The summed E-state index contributed by atoms with van der Waals surface area (Å²) in [5.74, 6) is -0.470. The predicted molar refractivity (Wildman–Crippen MR) is 78.6 cm³/mol. The van der Waals surface area contributed by atoms with Crippen molar-refractivity contribution in [2.75, 3.05) is 0 Å². The van der Waals surface area contributed by atoms with E-state index >= 15 is 0 Å². The number of nitrogens with one attached hydrogen (secondary N) is 1. The van der Waals surface area contributed by atoms with Crippen LogP contribution in [0.25, 0.3) is 0 Å². The van der Waals surface area contributed by atoms with E-state index in [0.717, 1.165) is 11.1 Å². The Labute approximate surface area is 121 Å². The number of rotatable bonds is 6. The van der Waals surface area contributed by atoms with Gasteiger partial charge < -0.3 is 11.1 Å². The van der Waals surface area contributed by atoms with E-state index in [2.05, 4.69) is 5.32 Å². The lowest BCUT2D eigenvalue weighted by atomic mass is 10.1. The number of nitrogens with zero attached hydrogens (tertiary/aromatic N) is 1. The fraction of sp³-hybridized carbons (Fsp3) is 0.133. The van der Waals surface area contributed by atoms with Gasteiger partial charge in [-0.1, -0.05) is 30.3 Å². The van der Waals surface area contributed by atoms with Crippen molar-refractivity contribution < 1.29 is 9.72 Å². The third-order valence-electron chi connectivity index (χ3n) is 3.05. The minimum absolute atomic E-state index is 0.0619. The number of carbonyl (C=O) groups is 1. The van der Waals surface area contributed by atoms with Crippen LogP contribution < -0.4 is 11.1 Å². The normalized spacial score (nSPS) is 10.3. The fourth-order valence-electron chi connectivity index (χ4n) is 2.04. The molecule has 0 aliphatic carbocycles. The summed E-state index contributed by atoms with van der Waals surface area (Å²) in [4.78, 5) is 21.6. The fourth-order valence-corrected chi connectivity index (χ4v) is 2.04. The minimum atomic E-state index is -0.470. The second kappa shape index (κ2) is 6.62. The van der Waals surface area contributed by atoms with Crippen molar-refractivity contribution in [2.24, 2.45) is 5.73 Å². The predicted octanol–water partition coefficient (Wildman–Crippen LogP) is 1.98. The zero-order chi connectivity index (χ0) is 15.2. The maximum atomic E-state index is 11.3. The van der Waals surface area contributed by atoms with E-state index in [9.17, 15) is 14.9 Å². The topological polar surface area (TPSA) is 98.3 Å². The molecule has 0 bridgehead atoms. The number of non-ortho nitro benzene ring substituents is 1. The van der Waals surface area contributed by atoms with Crippen LogP contribution in [0.5, 0.6) is 0 Å². The number of amides is 1. The van der Waals surface area contributed by atoms with Crippen molar-refractivity contribution >= 4 is 11.6 Å². The average molecular weight is 285 g/mol. The molecule has 0 atom stereocenters. The van der Waals surface area contributed by atoms with Gasteiger partial charge in [0.2, 0.25) is 5.91 Å². The van der Waals surface area contributed by atoms with Gasteiger partial charge in [-0.05, 0) is 17.2 Å². The maximum Gasteiger partial charge on any atom is 0.269 e. The smallest absolute Gasteiger partial charge is 0.269 e. The molecule has 1 amide bonds. The Morgan fingerprint density at radius 3 is 2.62 bits per heavy atom. The summed E-state index contributed by atoms with van der Waals surface area (Å²) in [6.07, 6.45) is 0. The molecule has 0 aliphatic rings. The van der Waals surface area contributed by atoms with Gasteiger partial charge in [0.15, 0.2) is 0 Å². The summed E-state index contributed by atoms with van der Waals surface area (Å²) >= 11 is 0. The van der Waals surface area contributed by atoms with Crippen LogP contribution >= 0.6 is 0 Å². The summed E-state index contributed by atoms with van der Waals surface area (Å²) in [7, 11) is 0. The van der Waals surface area contributed by atoms with Crippen molar-refractivity contribution in [1.29, 1.82) is 0 Å². The van der Waals surface area contributed by atoms with Crippen LogP contribution in [-0.4, -0.2) is 10.8 Å². The average Bonchev–Trinajstić information content (AvgIpc) is 2.48. The zero-order valence-electron chi connectivity index (χ0n) is 11.3. The second-order valence-corrected chi connectivity index (χ2v) is 4.55. The molecule has 3 N–H and O–H groups in total. The van der Waals surface area contributed by atoms with E-state index in [1.165, 1.54) is 12.1 Å². The third-order valence-corrected chi connectivity index (χ3v) is 3.05. The summed E-state index contributed by atoms with van der Waals surface area (Å²) in [6, 6.07) is 13.5. The Kier molecular flexibility index (Phi) is 4.63. The third kappa shape index (κ3) is 3.87. The van der Waals surface area contributed by atoms with Crippen LogP contribution in [0.4, 0.5) is 5.69 Å². The Bertz CT molecular complexity index is 671. The molecule has 0 saturated heterocycles. The van der Waals surface area contributed by atoms with E-state index in [1.54, 1.807) is 24.3 Å². The van der Waals surface area contributed by atoms with Gasteiger partial charge in [0, 0.05) is 30.8 Å². The van der Waals surface area contributed by atoms with E-state index in [4.69, 9.17) is 5.73 Å². The highest BCUT2D eigenvalue weighted by Crippen LogP contribution is 2.13. The van der Waals surface area contributed by atoms with Crippen molar-refractivity contribution in [3.63, 3.8) is 0 Å². The van der Waals surface area contributed by atoms with Crippen LogP contribution in [0.3, 0.4) is 0 Å². The van der Waals surface area contributed by atoms with E-state index in [0.29, 0.717) is 18.7 Å². The zero-order valence-corrected chi connectivity index (χ0v) is 11.3. The molecule has 2 aromatic rings. The molecule has 0 spiro atoms. The number of nitro benzene ring substituents is 1. The lowest BCUT2D eigenvalue weighted by molar-refractivity contribution is -0.384. The van der Waals surface area contributed by atoms with Crippen molar-refractivity contribution in [1.82, 2.24) is 5.32 Å². The summed E-state index contributed by atoms with van der Waals surface area (Å²) in [5, 5.41) is 13.9. The van der Waals surface area contributed by atoms with Crippen molar-refractivity contribution in [2.45, 2.75) is 13.1 Å². The molecule has 108 valence electrons. The lowest BCUT2D eigenvalue weighted by Gasteiger charge is -2.08. The minimum Gasteiger partial charge on any atom is -0.366 e. The van der Waals surface area contributed by atoms with Gasteiger partial charge >= 0.3 is 0 Å². The molecule has 0 aromatic heterocycles. The molecule has 6 nitrogen and oxygen atoms in total. The summed E-state index contributed by atoms with van der Waals surface area (Å²) < 4.78 is 0. The van der Waals surface area contributed by atoms with E-state index in [-0.39, 0.29) is 5.69 Å². The van der Waals surface area contributed by atoms with Crippen LogP contribution in [-0.2, 0) is 13.1 Å². The molecule has 21 heavy (non-hydrogen) atoms. The van der Waals surface area contributed by atoms with Crippen LogP contribution in [0.15, 0.2) is 48.5 Å². The van der Waals surface area contributed by atoms with Crippen LogP contribution in [0.2, 0.25) is 0 Å². The Balaban J connectivity index is 2.00. The Hall–Kier alpha value is -2.73. The van der Waals surface area contributed by atoms with Gasteiger partial charge in [0.1, 0.15) is 0 Å². The van der Waals surface area contributed by atoms with Gasteiger partial charge in [-0.25, -0.2) is 0 Å². The largest absolute Gasteiger partial charge is 0.366 e. The number of primary amides is 1. The highest BCUT2D eigenvalue weighted by atomic mass is 16.6. The van der Waals surface area contributed by atoms with E-state index in [1.807, 2.05) is 12.1 Å². The first-order valence-electron chi connectivity index (χ1n) is 6.39. The second-order valence-electron chi connectivity index (χ2n) is 4.55. The number of nitrogens with two attached hydrogens (primary N) is 1. The molecule has 0 fully saturated rings. The Morgan fingerprint density at radius 2 is 1.90 bits per heavy atom. The molecule has 6 heteroatoms. The number of hydrogen-bond donors (Lipinski definition) is 2. The number of nitro groups is 1. The molecular weight excluding hydrogens is 270 g/mol. The molecule has 0 heterocycles. The molecule has 0 radical (unpaired) electrons. The molecule has 0 aliphatic heterocycles. The lowest BCUT2D eigenvalue weighted by Crippen LogP contribution is -2.18. The summed E-state index contributed by atoms with van der Waals surface area (Å²) in [5.41, 5.74) is 7.45. The first-order valence-corrected chi connectivity index (χ1v) is 6.39. The number of benzene rings is 2. The summed E-state index contributed by atoms with van der Waals surface area (Å²) in [6.45, 7) is 0.927. The molecule has 2 aromatic carbocycles. The van der Waals surface area contributed by atoms with Crippen molar-refractivity contribution in [3.05, 3.63) is 75.3 Å². The first kappa shape index (κ1) is 14.7. The van der Waals surface area contributed by atoms with E-state index < -0.39 is 10.8 Å². The number of hydrogen-bond acceptors (Lipinski definition) is 4. The van der Waals surface area contributed by atoms with Gasteiger partial charge in [0.25, 0.3) is 5.69 Å². The van der Waals surface area contributed by atoms with Crippen LogP contribution in [0.1, 0.15) is 21.5 Å². The highest BCUT2D eigenvalue weighted by molar-refractivity contribution is 5.94. The van der Waals surface area contributed by atoms with Gasteiger partial charge in [-0.2, -0.15) is 0 Å². The highest BCUT2D eigenvalue weighted by Gasteiger charge is 2.08. The molecule has 0 saturated carbocycles. The Morgan fingerprint density at radius 1 is 1.14 bits per heavy atom. The number of carbonyl (C=O) groups excluding carboxylic acids is 1. The van der Waals surface area contributed by atoms with Gasteiger partial charge in [-0.3, -0.25) is 14.9 Å². The van der Waals surface area contributed by atoms with Gasteiger partial charge in [0.05, 0.1) is 4.92 Å². The van der Waals surface area contributed by atoms with Crippen molar-refractivity contribution in [3.8, 4) is 0 Å². The quantitative estimate of drug-likeness (QED) is 0.626. The maximum absolute atomic E-state index is 11.3. The molecule has 0 unspecified atom stereocenters.